The highest BCUT2D eigenvalue weighted by atomic mass is 32.2. The predicted octanol–water partition coefficient (Wildman–Crippen LogP) is 0.195. The van der Waals surface area contributed by atoms with Crippen LogP contribution >= 0.6 is 0 Å². The number of nitrogens with one attached hydrogen (secondary N) is 1. The summed E-state index contributed by atoms with van der Waals surface area (Å²) >= 11 is 0. The highest BCUT2D eigenvalue weighted by molar-refractivity contribution is 7.89. The molecular weight excluding hydrogens is 286 g/mol. The number of carbonyl (C=O) groups excluding carboxylic acids is 1. The first-order valence-electron chi connectivity index (χ1n) is 6.06. The Morgan fingerprint density at radius 3 is 2.60 bits per heavy atom. The fourth-order valence-corrected chi connectivity index (χ4v) is 2.36. The van der Waals surface area contributed by atoms with E-state index in [1.165, 1.54) is 6.92 Å². The van der Waals surface area contributed by atoms with Crippen LogP contribution in [0.15, 0.2) is 4.90 Å². The van der Waals surface area contributed by atoms with Gasteiger partial charge in [-0.3, -0.25) is 5.10 Å². The Hall–Kier alpha value is -1.45. The number of sulfonamides is 1. The molecule has 0 unspecified atom stereocenters. The number of nitrogens with two attached hydrogens (primary N) is 1. The van der Waals surface area contributed by atoms with E-state index in [1.54, 1.807) is 0 Å². The lowest BCUT2D eigenvalue weighted by Crippen LogP contribution is -2.19. The van der Waals surface area contributed by atoms with Crippen molar-refractivity contribution in [1.82, 2.24) is 10.2 Å². The molecule has 0 aliphatic carbocycles. The minimum atomic E-state index is -4.04. The van der Waals surface area contributed by atoms with Gasteiger partial charge in [-0.05, 0) is 12.8 Å². The number of ether oxygens (including phenoxy) is 2. The zero-order valence-corrected chi connectivity index (χ0v) is 12.5. The highest BCUT2D eigenvalue weighted by Gasteiger charge is 2.26. The maximum Gasteiger partial charge on any atom is 0.360 e. The summed E-state index contributed by atoms with van der Waals surface area (Å²) < 4.78 is 32.9. The van der Waals surface area contributed by atoms with Gasteiger partial charge in [-0.1, -0.05) is 13.8 Å². The summed E-state index contributed by atoms with van der Waals surface area (Å²) in [4.78, 5) is 11.4. The van der Waals surface area contributed by atoms with Crippen LogP contribution in [-0.2, 0) is 19.5 Å². The van der Waals surface area contributed by atoms with Gasteiger partial charge in [0.1, 0.15) is 11.5 Å². The number of primary sulfonamides is 1. The summed E-state index contributed by atoms with van der Waals surface area (Å²) in [6.07, 6.45) is 0. The molecule has 0 aliphatic heterocycles. The summed E-state index contributed by atoms with van der Waals surface area (Å²) in [5, 5.41) is 11.0. The molecular formula is C11H19N3O5S. The van der Waals surface area contributed by atoms with Gasteiger partial charge in [-0.15, -0.1) is 0 Å². The van der Waals surface area contributed by atoms with Crippen molar-refractivity contribution in [3.05, 3.63) is 11.4 Å². The SMILES string of the molecule is Cc1[nH]nc(C(=O)OCCOCC(C)C)c1S(N)(=O)=O. The van der Waals surface area contributed by atoms with Gasteiger partial charge in [0.2, 0.25) is 10.0 Å². The molecule has 114 valence electrons. The Kier molecular flexibility index (Phi) is 5.66. The lowest BCUT2D eigenvalue weighted by molar-refractivity contribution is 0.0269. The first-order valence-corrected chi connectivity index (χ1v) is 7.60. The maximum absolute atomic E-state index is 11.7. The predicted molar refractivity (Wildman–Crippen MR) is 70.6 cm³/mol. The second-order valence-corrected chi connectivity index (χ2v) is 6.17. The van der Waals surface area contributed by atoms with Crippen molar-refractivity contribution in [2.45, 2.75) is 25.7 Å². The van der Waals surface area contributed by atoms with Crippen molar-refractivity contribution in [3.8, 4) is 0 Å². The number of esters is 1. The van der Waals surface area contributed by atoms with Crippen LogP contribution in [0.4, 0.5) is 0 Å². The second kappa shape index (κ2) is 6.82. The van der Waals surface area contributed by atoms with Gasteiger partial charge in [0.15, 0.2) is 5.69 Å². The fourth-order valence-electron chi connectivity index (χ4n) is 1.49. The van der Waals surface area contributed by atoms with Crippen LogP contribution in [0.2, 0.25) is 0 Å². The van der Waals surface area contributed by atoms with Crippen LogP contribution in [-0.4, -0.2) is 44.4 Å². The number of hydrogen-bond acceptors (Lipinski definition) is 6. The number of carbonyl (C=O) groups is 1. The number of aryl methyl sites for hydroxylation is 1. The standard InChI is InChI=1S/C11H19N3O5S/c1-7(2)6-18-4-5-19-11(15)9-10(20(12,16)17)8(3)13-14-9/h7H,4-6H2,1-3H3,(H,13,14)(H2,12,16,17). The first kappa shape index (κ1) is 16.6. The third-order valence-corrected chi connectivity index (χ3v) is 3.35. The smallest absolute Gasteiger partial charge is 0.360 e. The molecule has 0 radical (unpaired) electrons. The van der Waals surface area contributed by atoms with Crippen LogP contribution in [0, 0.1) is 12.8 Å². The van der Waals surface area contributed by atoms with Crippen LogP contribution in [0.1, 0.15) is 30.0 Å². The molecule has 9 heteroatoms. The molecule has 1 rings (SSSR count). The average Bonchev–Trinajstić information content (AvgIpc) is 2.69. The zero-order chi connectivity index (χ0) is 15.3. The summed E-state index contributed by atoms with van der Waals surface area (Å²) in [5.74, 6) is -0.472. The Balaban J connectivity index is 2.61. The third kappa shape index (κ3) is 4.58. The maximum atomic E-state index is 11.7. The summed E-state index contributed by atoms with van der Waals surface area (Å²) in [6, 6.07) is 0. The van der Waals surface area contributed by atoms with Gasteiger partial charge in [0, 0.05) is 6.61 Å². The van der Waals surface area contributed by atoms with E-state index >= 15 is 0 Å². The number of nitrogens with zero attached hydrogens (tertiary/aromatic N) is 1. The van der Waals surface area contributed by atoms with Gasteiger partial charge >= 0.3 is 5.97 Å². The Labute approximate surface area is 117 Å². The minimum absolute atomic E-state index is 0.0154. The average molecular weight is 305 g/mol. The lowest BCUT2D eigenvalue weighted by Gasteiger charge is -2.07. The molecule has 0 saturated heterocycles. The fraction of sp³-hybridized carbons (Fsp3) is 0.636. The number of H-pyrrole nitrogens is 1. The van der Waals surface area contributed by atoms with E-state index in [2.05, 4.69) is 10.2 Å². The lowest BCUT2D eigenvalue weighted by atomic mass is 10.2. The Morgan fingerprint density at radius 2 is 2.05 bits per heavy atom. The first-order chi connectivity index (χ1) is 9.23. The number of rotatable bonds is 7. The molecule has 1 aromatic rings. The minimum Gasteiger partial charge on any atom is -0.458 e. The van der Waals surface area contributed by atoms with Crippen LogP contribution in [0.25, 0.3) is 0 Å². The van der Waals surface area contributed by atoms with E-state index < -0.39 is 16.0 Å². The van der Waals surface area contributed by atoms with Crippen molar-refractivity contribution in [1.29, 1.82) is 0 Å². The molecule has 0 fully saturated rings. The van der Waals surface area contributed by atoms with Crippen LogP contribution < -0.4 is 5.14 Å². The third-order valence-electron chi connectivity index (χ3n) is 2.28. The molecule has 8 nitrogen and oxygen atoms in total. The van der Waals surface area contributed by atoms with Gasteiger partial charge in [-0.25, -0.2) is 18.4 Å². The molecule has 0 saturated carbocycles. The van der Waals surface area contributed by atoms with Crippen molar-refractivity contribution in [3.63, 3.8) is 0 Å². The summed E-state index contributed by atoms with van der Waals surface area (Å²) in [6.45, 7) is 6.25. The number of aromatic amines is 1. The zero-order valence-electron chi connectivity index (χ0n) is 11.7. The number of aromatic nitrogens is 2. The van der Waals surface area contributed by atoms with Gasteiger partial charge in [-0.2, -0.15) is 5.10 Å². The van der Waals surface area contributed by atoms with Crippen LogP contribution in [0.5, 0.6) is 0 Å². The number of hydrogen-bond donors (Lipinski definition) is 2. The molecule has 1 aromatic heterocycles. The molecule has 0 bridgehead atoms. The molecule has 0 amide bonds. The van der Waals surface area contributed by atoms with Crippen molar-refractivity contribution in [2.75, 3.05) is 19.8 Å². The summed E-state index contributed by atoms with van der Waals surface area (Å²) in [7, 11) is -4.04. The molecule has 3 N–H and O–H groups in total. The van der Waals surface area contributed by atoms with Crippen LogP contribution in [0.3, 0.4) is 0 Å². The summed E-state index contributed by atoms with van der Waals surface area (Å²) in [5.41, 5.74) is -0.149. The second-order valence-electron chi connectivity index (χ2n) is 4.68. The normalized spacial score (nSPS) is 11.8. The van der Waals surface area contributed by atoms with Gasteiger partial charge in [0.25, 0.3) is 0 Å². The molecule has 0 aromatic carbocycles. The van der Waals surface area contributed by atoms with E-state index in [9.17, 15) is 13.2 Å². The molecule has 20 heavy (non-hydrogen) atoms. The van der Waals surface area contributed by atoms with E-state index in [4.69, 9.17) is 14.6 Å². The Morgan fingerprint density at radius 1 is 1.40 bits per heavy atom. The molecule has 0 spiro atoms. The molecule has 0 atom stereocenters. The van der Waals surface area contributed by atoms with Crippen molar-refractivity contribution < 1.29 is 22.7 Å². The topological polar surface area (TPSA) is 124 Å². The Bertz CT molecular complexity index is 565. The van der Waals surface area contributed by atoms with E-state index in [1.807, 2.05) is 13.8 Å². The van der Waals surface area contributed by atoms with Gasteiger partial charge < -0.3 is 9.47 Å². The highest BCUT2D eigenvalue weighted by Crippen LogP contribution is 2.16. The van der Waals surface area contributed by atoms with E-state index in [0.29, 0.717) is 12.5 Å². The molecule has 0 aliphatic rings. The largest absolute Gasteiger partial charge is 0.458 e. The van der Waals surface area contributed by atoms with Gasteiger partial charge in [0.05, 0.1) is 12.3 Å². The van der Waals surface area contributed by atoms with Crippen molar-refractivity contribution in [2.24, 2.45) is 11.1 Å². The van der Waals surface area contributed by atoms with Crippen molar-refractivity contribution >= 4 is 16.0 Å². The van der Waals surface area contributed by atoms with E-state index in [0.717, 1.165) is 0 Å². The van der Waals surface area contributed by atoms with E-state index in [-0.39, 0.29) is 29.5 Å². The quantitative estimate of drug-likeness (QED) is 0.547. The monoisotopic (exact) mass is 305 g/mol. The molecule has 1 heterocycles.